The van der Waals surface area contributed by atoms with E-state index in [1.165, 1.54) is 218 Å². The second-order valence-electron chi connectivity index (χ2n) is 17.9. The summed E-state index contributed by atoms with van der Waals surface area (Å²) in [6.07, 6.45) is 69.7. The van der Waals surface area contributed by atoms with Crippen molar-refractivity contribution >= 4 is 5.91 Å². The molecular weight excluding hydrogens is 723 g/mol. The number of amides is 1. The molecule has 2 unspecified atom stereocenters. The lowest BCUT2D eigenvalue weighted by atomic mass is 10.0. The number of rotatable bonds is 48. The molecule has 0 radical (unpaired) electrons. The zero-order valence-corrected chi connectivity index (χ0v) is 39.8. The summed E-state index contributed by atoms with van der Waals surface area (Å²) in [6, 6.07) is -0.649. The van der Waals surface area contributed by atoms with Crippen LogP contribution in [0.15, 0.2) is 48.6 Å². The van der Waals surface area contributed by atoms with Gasteiger partial charge in [0, 0.05) is 6.42 Å². The molecule has 0 aromatic rings. The molecule has 346 valence electrons. The van der Waals surface area contributed by atoms with Crippen LogP contribution in [0.4, 0.5) is 0 Å². The highest BCUT2D eigenvalue weighted by Gasteiger charge is 2.17. The first kappa shape index (κ1) is 57.3. The van der Waals surface area contributed by atoms with Gasteiger partial charge in [-0.15, -0.1) is 0 Å². The third-order valence-corrected chi connectivity index (χ3v) is 12.0. The van der Waals surface area contributed by atoms with Crippen molar-refractivity contribution in [1.29, 1.82) is 0 Å². The van der Waals surface area contributed by atoms with E-state index < -0.39 is 12.1 Å². The van der Waals surface area contributed by atoms with Gasteiger partial charge in [0.15, 0.2) is 0 Å². The van der Waals surface area contributed by atoms with Gasteiger partial charge in [-0.1, -0.05) is 249 Å². The Labute approximate surface area is 369 Å². The Balaban J connectivity index is 3.59. The normalized spacial score (nSPS) is 13.2. The van der Waals surface area contributed by atoms with Crippen LogP contribution in [0.5, 0.6) is 0 Å². The molecule has 0 aromatic heterocycles. The number of carbonyl (C=O) groups excluding carboxylic acids is 1. The predicted molar refractivity (Wildman–Crippen MR) is 262 cm³/mol. The average Bonchev–Trinajstić information content (AvgIpc) is 3.24. The highest BCUT2D eigenvalue weighted by atomic mass is 16.3. The highest BCUT2D eigenvalue weighted by Crippen LogP contribution is 2.16. The molecule has 0 aromatic carbocycles. The Hall–Kier alpha value is -1.65. The molecule has 0 fully saturated rings. The zero-order chi connectivity index (χ0) is 42.8. The molecule has 0 bridgehead atoms. The number of aliphatic hydroxyl groups is 2. The number of unbranched alkanes of at least 4 members (excludes halogenated alkanes) is 35. The Morgan fingerprint density at radius 3 is 0.983 bits per heavy atom. The number of carbonyl (C=O) groups is 1. The van der Waals surface area contributed by atoms with Crippen molar-refractivity contribution in [2.75, 3.05) is 6.61 Å². The fraction of sp³-hybridized carbons (Fsp3) is 0.836. The Kier molecular flexibility index (Phi) is 49.3. The second-order valence-corrected chi connectivity index (χ2v) is 17.9. The first-order chi connectivity index (χ1) is 29.2. The molecule has 0 aliphatic rings. The number of nitrogens with one attached hydrogen (secondary N) is 1. The van der Waals surface area contributed by atoms with Gasteiger partial charge < -0.3 is 15.5 Å². The molecule has 59 heavy (non-hydrogen) atoms. The van der Waals surface area contributed by atoms with E-state index >= 15 is 0 Å². The molecule has 0 aliphatic heterocycles. The Bertz CT molecular complexity index is 939. The highest BCUT2D eigenvalue weighted by molar-refractivity contribution is 5.76. The molecule has 0 spiro atoms. The maximum absolute atomic E-state index is 12.4. The first-order valence-corrected chi connectivity index (χ1v) is 26.4. The fourth-order valence-electron chi connectivity index (χ4n) is 7.97. The van der Waals surface area contributed by atoms with Crippen LogP contribution in [-0.2, 0) is 4.79 Å². The van der Waals surface area contributed by atoms with Crippen molar-refractivity contribution in [1.82, 2.24) is 5.32 Å². The molecule has 0 saturated carbocycles. The lowest BCUT2D eigenvalue weighted by Gasteiger charge is -2.19. The third-order valence-electron chi connectivity index (χ3n) is 12.0. The van der Waals surface area contributed by atoms with E-state index in [-0.39, 0.29) is 12.5 Å². The fourth-order valence-corrected chi connectivity index (χ4v) is 7.97. The van der Waals surface area contributed by atoms with Crippen molar-refractivity contribution < 1.29 is 15.0 Å². The van der Waals surface area contributed by atoms with E-state index in [9.17, 15) is 15.0 Å². The van der Waals surface area contributed by atoms with Gasteiger partial charge in [0.1, 0.15) is 0 Å². The van der Waals surface area contributed by atoms with E-state index in [2.05, 4.69) is 55.6 Å². The van der Waals surface area contributed by atoms with Gasteiger partial charge in [0.2, 0.25) is 5.91 Å². The Morgan fingerprint density at radius 2 is 0.661 bits per heavy atom. The van der Waals surface area contributed by atoms with Crippen LogP contribution in [-0.4, -0.2) is 34.9 Å². The molecule has 0 aliphatic carbocycles. The van der Waals surface area contributed by atoms with E-state index in [1.54, 1.807) is 6.08 Å². The van der Waals surface area contributed by atoms with Crippen molar-refractivity contribution in [2.45, 2.75) is 289 Å². The Morgan fingerprint density at radius 1 is 0.390 bits per heavy atom. The van der Waals surface area contributed by atoms with Crippen LogP contribution in [0.3, 0.4) is 0 Å². The summed E-state index contributed by atoms with van der Waals surface area (Å²) in [5.74, 6) is -0.0802. The van der Waals surface area contributed by atoms with E-state index in [0.29, 0.717) is 6.42 Å². The van der Waals surface area contributed by atoms with Crippen LogP contribution in [0.25, 0.3) is 0 Å². The molecule has 1 amide bonds. The van der Waals surface area contributed by atoms with Crippen LogP contribution in [0, 0.1) is 0 Å². The molecule has 4 heteroatoms. The third kappa shape index (κ3) is 47.3. The minimum atomic E-state index is -0.873. The number of hydrogen-bond acceptors (Lipinski definition) is 3. The quantitative estimate of drug-likeness (QED) is 0.0423. The molecule has 4 nitrogen and oxygen atoms in total. The maximum atomic E-state index is 12.4. The number of aliphatic hydroxyl groups excluding tert-OH is 2. The molecule has 0 heterocycles. The summed E-state index contributed by atoms with van der Waals surface area (Å²) in [5, 5.41) is 23.1. The van der Waals surface area contributed by atoms with Gasteiger partial charge in [0.05, 0.1) is 18.8 Å². The van der Waals surface area contributed by atoms with Crippen molar-refractivity contribution in [3.63, 3.8) is 0 Å². The van der Waals surface area contributed by atoms with Crippen LogP contribution in [0.2, 0.25) is 0 Å². The van der Waals surface area contributed by atoms with Crippen molar-refractivity contribution in [3.05, 3.63) is 48.6 Å². The van der Waals surface area contributed by atoms with Gasteiger partial charge in [-0.2, -0.15) is 0 Å². The molecule has 2 atom stereocenters. The molecular formula is C55H103NO3. The van der Waals surface area contributed by atoms with E-state index in [1.807, 2.05) is 6.08 Å². The van der Waals surface area contributed by atoms with Gasteiger partial charge in [0.25, 0.3) is 0 Å². The molecule has 0 rings (SSSR count). The standard InChI is InChI=1S/C55H103NO3/c1-3-5-7-9-11-13-15-17-19-21-23-25-27-29-30-32-34-36-38-40-42-44-46-48-50-54(58)53(52-57)56-55(59)51-49-47-45-43-41-39-37-35-33-31-28-26-24-22-20-18-16-14-12-10-8-6-4-2/h31-34,40,42,48,50,53-54,57-58H,3-30,35-39,41,43-47,49,51-52H2,1-2H3,(H,56,59)/b33-31-,34-32+,42-40+,50-48+. The van der Waals surface area contributed by atoms with Crippen LogP contribution >= 0.6 is 0 Å². The minimum Gasteiger partial charge on any atom is -0.394 e. The van der Waals surface area contributed by atoms with E-state index in [0.717, 1.165) is 38.5 Å². The first-order valence-electron chi connectivity index (χ1n) is 26.4. The lowest BCUT2D eigenvalue weighted by molar-refractivity contribution is -0.123. The largest absolute Gasteiger partial charge is 0.394 e. The summed E-state index contributed by atoms with van der Waals surface area (Å²) in [5.41, 5.74) is 0. The average molecular weight is 826 g/mol. The number of allylic oxidation sites excluding steroid dienone is 7. The summed E-state index contributed by atoms with van der Waals surface area (Å²) >= 11 is 0. The zero-order valence-electron chi connectivity index (χ0n) is 39.8. The SMILES string of the molecule is CCCCCCCCCCCCCC/C=C\CCCCCCCCCC(=O)NC(CO)C(O)/C=C/CC/C=C/CC/C=C/CCCCCCCCCCCCCCCC. The maximum Gasteiger partial charge on any atom is 0.220 e. The van der Waals surface area contributed by atoms with Gasteiger partial charge in [-0.25, -0.2) is 0 Å². The smallest absolute Gasteiger partial charge is 0.220 e. The van der Waals surface area contributed by atoms with E-state index in [4.69, 9.17) is 0 Å². The summed E-state index contributed by atoms with van der Waals surface area (Å²) < 4.78 is 0. The van der Waals surface area contributed by atoms with Crippen molar-refractivity contribution in [3.8, 4) is 0 Å². The topological polar surface area (TPSA) is 69.6 Å². The summed E-state index contributed by atoms with van der Waals surface area (Å²) in [6.45, 7) is 4.32. The summed E-state index contributed by atoms with van der Waals surface area (Å²) in [4.78, 5) is 12.4. The minimum absolute atomic E-state index is 0.0802. The predicted octanol–water partition coefficient (Wildman–Crippen LogP) is 17.1. The molecule has 3 N–H and O–H groups in total. The molecule has 0 saturated heterocycles. The van der Waals surface area contributed by atoms with Crippen LogP contribution in [0.1, 0.15) is 277 Å². The monoisotopic (exact) mass is 826 g/mol. The van der Waals surface area contributed by atoms with Crippen molar-refractivity contribution in [2.24, 2.45) is 0 Å². The second kappa shape index (κ2) is 50.7. The summed E-state index contributed by atoms with van der Waals surface area (Å²) in [7, 11) is 0. The van der Waals surface area contributed by atoms with Gasteiger partial charge in [-0.3, -0.25) is 4.79 Å². The van der Waals surface area contributed by atoms with Gasteiger partial charge >= 0.3 is 0 Å². The lowest BCUT2D eigenvalue weighted by Crippen LogP contribution is -2.45. The van der Waals surface area contributed by atoms with Gasteiger partial charge in [-0.05, 0) is 70.6 Å². The number of hydrogen-bond donors (Lipinski definition) is 3. The van der Waals surface area contributed by atoms with Crippen LogP contribution < -0.4 is 5.32 Å².